The zero-order valence-electron chi connectivity index (χ0n) is 14.9. The summed E-state index contributed by atoms with van der Waals surface area (Å²) in [6, 6.07) is 2.70. The third kappa shape index (κ3) is 5.03. The van der Waals surface area contributed by atoms with Crippen LogP contribution in [0, 0.1) is 12.8 Å². The normalized spacial score (nSPS) is 16.9. The lowest BCUT2D eigenvalue weighted by atomic mass is 9.94. The van der Waals surface area contributed by atoms with Gasteiger partial charge in [0.25, 0.3) is 0 Å². The number of thiophene rings is 1. The number of carbonyl (C=O) groups excluding carboxylic acids is 1. The Balaban J connectivity index is 1.98. The molecule has 4 nitrogen and oxygen atoms in total. The summed E-state index contributed by atoms with van der Waals surface area (Å²) < 4.78 is 5.21. The fourth-order valence-corrected chi connectivity index (χ4v) is 4.05. The molecule has 1 fully saturated rings. The molecule has 1 aliphatic rings. The third-order valence-electron chi connectivity index (χ3n) is 4.79. The van der Waals surface area contributed by atoms with E-state index in [-0.39, 0.29) is 5.92 Å². The molecule has 0 radical (unpaired) electrons. The van der Waals surface area contributed by atoms with Gasteiger partial charge in [0.1, 0.15) is 0 Å². The second-order valence-corrected chi connectivity index (χ2v) is 7.68. The average Bonchev–Trinajstić information content (AvgIpc) is 2.95. The quantitative estimate of drug-likeness (QED) is 0.766. The number of aryl methyl sites for hydroxylation is 1. The number of amides is 1. The van der Waals surface area contributed by atoms with E-state index in [1.807, 2.05) is 4.90 Å². The van der Waals surface area contributed by atoms with Crippen LogP contribution in [-0.4, -0.2) is 55.1 Å². The summed E-state index contributed by atoms with van der Waals surface area (Å²) in [5.74, 6) is 0.473. The van der Waals surface area contributed by atoms with Gasteiger partial charge in [-0.05, 0) is 63.7 Å². The van der Waals surface area contributed by atoms with E-state index in [1.54, 1.807) is 18.4 Å². The molecule has 130 valence electrons. The highest BCUT2D eigenvalue weighted by molar-refractivity contribution is 7.10. The van der Waals surface area contributed by atoms with Crippen LogP contribution in [0.25, 0.3) is 0 Å². The molecule has 0 spiro atoms. The van der Waals surface area contributed by atoms with Crippen LogP contribution in [0.3, 0.4) is 0 Å². The molecular formula is C18H30N2O2S. The number of rotatable bonds is 7. The van der Waals surface area contributed by atoms with Gasteiger partial charge in [0.2, 0.25) is 5.91 Å². The van der Waals surface area contributed by atoms with Crippen molar-refractivity contribution < 1.29 is 9.53 Å². The molecule has 2 heterocycles. The highest BCUT2D eigenvalue weighted by atomic mass is 32.1. The molecule has 1 aliphatic heterocycles. The van der Waals surface area contributed by atoms with Crippen molar-refractivity contribution in [3.63, 3.8) is 0 Å². The van der Waals surface area contributed by atoms with Crippen LogP contribution in [0.2, 0.25) is 0 Å². The van der Waals surface area contributed by atoms with E-state index < -0.39 is 0 Å². The Morgan fingerprint density at radius 2 is 2.13 bits per heavy atom. The molecule has 0 saturated carbocycles. The topological polar surface area (TPSA) is 32.8 Å². The van der Waals surface area contributed by atoms with Crippen molar-refractivity contribution in [2.45, 2.75) is 46.2 Å². The maximum atomic E-state index is 13.0. The molecule has 1 aromatic rings. The molecule has 1 saturated heterocycles. The van der Waals surface area contributed by atoms with Gasteiger partial charge in [-0.25, -0.2) is 0 Å². The van der Waals surface area contributed by atoms with E-state index in [0.29, 0.717) is 25.1 Å². The van der Waals surface area contributed by atoms with E-state index in [2.05, 4.69) is 37.1 Å². The van der Waals surface area contributed by atoms with Crippen LogP contribution < -0.4 is 0 Å². The number of nitrogens with zero attached hydrogens (tertiary/aromatic N) is 2. The summed E-state index contributed by atoms with van der Waals surface area (Å²) in [4.78, 5) is 18.7. The predicted molar refractivity (Wildman–Crippen MR) is 95.8 cm³/mol. The van der Waals surface area contributed by atoms with Crippen LogP contribution in [0.15, 0.2) is 11.4 Å². The lowest BCUT2D eigenvalue weighted by Crippen LogP contribution is -2.45. The predicted octanol–water partition coefficient (Wildman–Crippen LogP) is 3.15. The molecule has 0 atom stereocenters. The van der Waals surface area contributed by atoms with E-state index in [0.717, 1.165) is 32.5 Å². The van der Waals surface area contributed by atoms with Crippen LogP contribution >= 0.6 is 11.3 Å². The van der Waals surface area contributed by atoms with Crippen LogP contribution in [0.5, 0.6) is 0 Å². The minimum absolute atomic E-state index is 0.169. The van der Waals surface area contributed by atoms with Gasteiger partial charge in [0.05, 0.1) is 13.2 Å². The molecule has 0 N–H and O–H groups in total. The van der Waals surface area contributed by atoms with Gasteiger partial charge in [0.15, 0.2) is 0 Å². The Bertz CT molecular complexity index is 493. The largest absolute Gasteiger partial charge is 0.383 e. The van der Waals surface area contributed by atoms with Crippen molar-refractivity contribution in [1.82, 2.24) is 9.80 Å². The zero-order chi connectivity index (χ0) is 16.8. The van der Waals surface area contributed by atoms with Crippen LogP contribution in [-0.2, 0) is 16.1 Å². The van der Waals surface area contributed by atoms with Gasteiger partial charge in [-0.2, -0.15) is 0 Å². The standard InChI is InChI=1S/C18H30N2O2S/c1-14(2)19-8-5-16(6-9-19)18(21)20(10-11-22-4)13-17-15(3)7-12-23-17/h7,12,14,16H,5-6,8-11,13H2,1-4H3. The second-order valence-electron chi connectivity index (χ2n) is 6.68. The zero-order valence-corrected chi connectivity index (χ0v) is 15.7. The Morgan fingerprint density at radius 1 is 1.43 bits per heavy atom. The van der Waals surface area contributed by atoms with Gasteiger partial charge in [-0.3, -0.25) is 4.79 Å². The van der Waals surface area contributed by atoms with Gasteiger partial charge in [-0.15, -0.1) is 11.3 Å². The molecule has 1 aromatic heterocycles. The molecule has 0 aliphatic carbocycles. The number of methoxy groups -OCH3 is 1. The molecule has 2 rings (SSSR count). The Morgan fingerprint density at radius 3 is 2.65 bits per heavy atom. The monoisotopic (exact) mass is 338 g/mol. The van der Waals surface area contributed by atoms with Crippen molar-refractivity contribution in [3.8, 4) is 0 Å². The molecule has 0 bridgehead atoms. The summed E-state index contributed by atoms with van der Waals surface area (Å²) in [5, 5.41) is 2.10. The fourth-order valence-electron chi connectivity index (χ4n) is 3.13. The molecule has 0 unspecified atom stereocenters. The molecule has 1 amide bonds. The lowest BCUT2D eigenvalue weighted by molar-refractivity contribution is -0.138. The number of likely N-dealkylation sites (tertiary alicyclic amines) is 1. The van der Waals surface area contributed by atoms with Crippen molar-refractivity contribution >= 4 is 17.2 Å². The summed E-state index contributed by atoms with van der Waals surface area (Å²) in [6.07, 6.45) is 1.95. The average molecular weight is 339 g/mol. The minimum Gasteiger partial charge on any atom is -0.383 e. The Hall–Kier alpha value is -0.910. The summed E-state index contributed by atoms with van der Waals surface area (Å²) in [7, 11) is 1.69. The molecule has 5 heteroatoms. The van der Waals surface area contributed by atoms with E-state index >= 15 is 0 Å². The highest BCUT2D eigenvalue weighted by Crippen LogP contribution is 2.24. The maximum absolute atomic E-state index is 13.0. The lowest BCUT2D eigenvalue weighted by Gasteiger charge is -2.36. The van der Waals surface area contributed by atoms with Crippen LogP contribution in [0.1, 0.15) is 37.1 Å². The van der Waals surface area contributed by atoms with Gasteiger partial charge in [-0.1, -0.05) is 0 Å². The van der Waals surface area contributed by atoms with E-state index in [1.165, 1.54) is 10.4 Å². The molecular weight excluding hydrogens is 308 g/mol. The fraction of sp³-hybridized carbons (Fsp3) is 0.722. The van der Waals surface area contributed by atoms with Crippen molar-refractivity contribution in [3.05, 3.63) is 21.9 Å². The van der Waals surface area contributed by atoms with Crippen molar-refractivity contribution in [1.29, 1.82) is 0 Å². The first-order valence-corrected chi connectivity index (χ1v) is 9.45. The first-order valence-electron chi connectivity index (χ1n) is 8.57. The number of hydrogen-bond acceptors (Lipinski definition) is 4. The minimum atomic E-state index is 0.169. The Labute approximate surface area is 144 Å². The first-order chi connectivity index (χ1) is 11.0. The summed E-state index contributed by atoms with van der Waals surface area (Å²) in [6.45, 7) is 10.6. The van der Waals surface area contributed by atoms with Crippen molar-refractivity contribution in [2.24, 2.45) is 5.92 Å². The number of carbonyl (C=O) groups is 1. The third-order valence-corrected chi connectivity index (χ3v) is 5.80. The van der Waals surface area contributed by atoms with Crippen molar-refractivity contribution in [2.75, 3.05) is 33.4 Å². The number of piperidine rings is 1. The second kappa shape index (κ2) is 8.81. The maximum Gasteiger partial charge on any atom is 0.226 e. The highest BCUT2D eigenvalue weighted by Gasteiger charge is 2.29. The Kier molecular flexibility index (Phi) is 7.06. The summed E-state index contributed by atoms with van der Waals surface area (Å²) in [5.41, 5.74) is 1.28. The first kappa shape index (κ1) is 18.4. The SMILES string of the molecule is COCCN(Cc1sccc1C)C(=O)C1CCN(C(C)C)CC1. The van der Waals surface area contributed by atoms with E-state index in [9.17, 15) is 4.79 Å². The smallest absolute Gasteiger partial charge is 0.226 e. The summed E-state index contributed by atoms with van der Waals surface area (Å²) >= 11 is 1.74. The van der Waals surface area contributed by atoms with E-state index in [4.69, 9.17) is 4.74 Å². The molecule has 0 aromatic carbocycles. The van der Waals surface area contributed by atoms with Gasteiger partial charge in [0, 0.05) is 30.5 Å². The van der Waals surface area contributed by atoms with Gasteiger partial charge >= 0.3 is 0 Å². The number of hydrogen-bond donors (Lipinski definition) is 0. The van der Waals surface area contributed by atoms with Gasteiger partial charge < -0.3 is 14.5 Å². The van der Waals surface area contributed by atoms with Crippen LogP contribution in [0.4, 0.5) is 0 Å². The molecule has 23 heavy (non-hydrogen) atoms. The number of ether oxygens (including phenoxy) is 1.